The molecule has 0 saturated heterocycles. The number of nitrogens with two attached hydrogens (primary N) is 1. The summed E-state index contributed by atoms with van der Waals surface area (Å²) in [6.45, 7) is 5.48. The molecular formula is C31H31ClFN5O2. The summed E-state index contributed by atoms with van der Waals surface area (Å²) < 4.78 is 17.0. The van der Waals surface area contributed by atoms with Gasteiger partial charge in [-0.15, -0.1) is 0 Å². The van der Waals surface area contributed by atoms with E-state index >= 15 is 4.39 Å². The highest BCUT2D eigenvalue weighted by molar-refractivity contribution is 6.31. The lowest BCUT2D eigenvalue weighted by Gasteiger charge is -2.13. The monoisotopic (exact) mass is 559 g/mol. The fourth-order valence-corrected chi connectivity index (χ4v) is 5.09. The van der Waals surface area contributed by atoms with Crippen LogP contribution in [0.25, 0.3) is 6.20 Å². The number of hydrogen-bond donors (Lipinski definition) is 2. The fraction of sp³-hybridized carbons (Fsp3) is 0.290. The Labute approximate surface area is 237 Å². The number of carbonyl (C=O) groups excluding carboxylic acids is 1. The Kier molecular flexibility index (Phi) is 7.47. The van der Waals surface area contributed by atoms with Gasteiger partial charge in [0, 0.05) is 41.5 Å². The lowest BCUT2D eigenvalue weighted by molar-refractivity contribution is -0.120. The molecule has 0 aliphatic heterocycles. The van der Waals surface area contributed by atoms with Gasteiger partial charge >= 0.3 is 0 Å². The second-order valence-corrected chi connectivity index (χ2v) is 11.1. The van der Waals surface area contributed by atoms with Gasteiger partial charge in [0.1, 0.15) is 5.02 Å². The Bertz CT molecular complexity index is 1640. The highest BCUT2D eigenvalue weighted by Crippen LogP contribution is 2.55. The van der Waals surface area contributed by atoms with Gasteiger partial charge in [0.2, 0.25) is 5.91 Å². The highest BCUT2D eigenvalue weighted by Gasteiger charge is 2.45. The van der Waals surface area contributed by atoms with Gasteiger partial charge in [-0.1, -0.05) is 30.7 Å². The van der Waals surface area contributed by atoms with Gasteiger partial charge in [-0.25, -0.2) is 4.39 Å². The Morgan fingerprint density at radius 3 is 2.75 bits per heavy atom. The second-order valence-electron chi connectivity index (χ2n) is 10.7. The quantitative estimate of drug-likeness (QED) is 0.310. The van der Waals surface area contributed by atoms with Gasteiger partial charge < -0.3 is 11.1 Å². The number of allylic oxidation sites excluding steroid dienone is 2. The third kappa shape index (κ3) is 5.49. The van der Waals surface area contributed by atoms with Crippen LogP contribution in [-0.4, -0.2) is 21.2 Å². The number of amides is 1. The molecule has 1 amide bonds. The molecule has 5 rings (SSSR count). The van der Waals surface area contributed by atoms with Crippen LogP contribution in [0.2, 0.25) is 5.02 Å². The minimum absolute atomic E-state index is 0.0901. The van der Waals surface area contributed by atoms with Crippen LogP contribution in [0.5, 0.6) is 0 Å². The zero-order valence-electron chi connectivity index (χ0n) is 22.6. The number of nitrogens with zero attached hydrogens (tertiary/aromatic N) is 3. The Hall–Kier alpha value is -4.04. The van der Waals surface area contributed by atoms with Gasteiger partial charge in [0.05, 0.1) is 17.1 Å². The predicted octanol–water partition coefficient (Wildman–Crippen LogP) is 6.43. The first kappa shape index (κ1) is 27.5. The van der Waals surface area contributed by atoms with Gasteiger partial charge in [0.15, 0.2) is 5.82 Å². The van der Waals surface area contributed by atoms with Crippen molar-refractivity contribution < 1.29 is 9.18 Å². The maximum absolute atomic E-state index is 15.6. The number of hydrogen-bond acceptors (Lipinski definition) is 5. The number of anilines is 2. The van der Waals surface area contributed by atoms with E-state index in [2.05, 4.69) is 15.3 Å². The number of pyridine rings is 2. The van der Waals surface area contributed by atoms with Gasteiger partial charge in [0.25, 0.3) is 5.56 Å². The van der Waals surface area contributed by atoms with Crippen molar-refractivity contribution >= 4 is 40.8 Å². The average molecular weight is 560 g/mol. The minimum Gasteiger partial charge on any atom is -0.397 e. The normalized spacial score (nSPS) is 19.8. The molecule has 2 saturated carbocycles. The molecule has 2 aromatic heterocycles. The Balaban J connectivity index is 1.43. The van der Waals surface area contributed by atoms with E-state index in [0.29, 0.717) is 11.4 Å². The largest absolute Gasteiger partial charge is 0.397 e. The number of aromatic nitrogens is 2. The van der Waals surface area contributed by atoms with Crippen LogP contribution < -0.4 is 16.6 Å². The molecule has 3 aromatic rings. The fourth-order valence-electron chi connectivity index (χ4n) is 4.81. The molecule has 2 aliphatic carbocycles. The number of aliphatic imine (C=N–C) groups is 1. The molecule has 7 nitrogen and oxygen atoms in total. The SMILES string of the molecule is C/C=C/N=C(/C=C/n1c(C)cc(C2CC2c2cncc(N)c2)c(Cl)c1=O)c1cccc(NC(=O)C2(C)CC2)c1F. The van der Waals surface area contributed by atoms with E-state index < -0.39 is 11.2 Å². The molecular weight excluding hydrogens is 529 g/mol. The number of halogens is 2. The number of benzene rings is 1. The van der Waals surface area contributed by atoms with Crippen LogP contribution >= 0.6 is 11.6 Å². The summed E-state index contributed by atoms with van der Waals surface area (Å²) in [6, 6.07) is 8.59. The summed E-state index contributed by atoms with van der Waals surface area (Å²) in [5.74, 6) is -0.483. The molecule has 2 unspecified atom stereocenters. The number of rotatable bonds is 8. The summed E-state index contributed by atoms with van der Waals surface area (Å²) in [5.41, 5.74) is 8.75. The van der Waals surface area contributed by atoms with Gasteiger partial charge in [-0.2, -0.15) is 0 Å². The lowest BCUT2D eigenvalue weighted by Crippen LogP contribution is -2.22. The van der Waals surface area contributed by atoms with Crippen molar-refractivity contribution in [1.82, 2.24) is 9.55 Å². The molecule has 1 aromatic carbocycles. The van der Waals surface area contributed by atoms with Crippen molar-refractivity contribution in [3.8, 4) is 0 Å². The summed E-state index contributed by atoms with van der Waals surface area (Å²) >= 11 is 6.59. The van der Waals surface area contributed by atoms with Crippen molar-refractivity contribution in [1.29, 1.82) is 0 Å². The third-order valence-electron chi connectivity index (χ3n) is 7.62. The van der Waals surface area contributed by atoms with Gasteiger partial charge in [-0.05, 0) is 86.4 Å². The standard InChI is InChI=1S/C31H31ClFN5O2/c1-4-11-36-25(21-6-5-7-26(28(21)33)37-30(40)31(3)9-10-31)8-12-38-18(2)13-24(27(32)29(38)39)23-15-22(23)19-14-20(34)17-35-16-19/h4-8,11-14,16-17,22-23H,9-10,15,34H2,1-3H3,(H,37,40)/b11-4+,12-8+,36-25-. The number of aryl methyl sites for hydroxylation is 1. The van der Waals surface area contributed by atoms with Gasteiger partial charge in [-0.3, -0.25) is 24.1 Å². The molecule has 2 fully saturated rings. The first-order valence-electron chi connectivity index (χ1n) is 13.2. The average Bonchev–Trinajstić information content (AvgIpc) is 3.86. The lowest BCUT2D eigenvalue weighted by atomic mass is 10.1. The first-order valence-corrected chi connectivity index (χ1v) is 13.6. The molecule has 0 bridgehead atoms. The molecule has 40 heavy (non-hydrogen) atoms. The molecule has 2 heterocycles. The van der Waals surface area contributed by atoms with E-state index in [0.717, 1.165) is 30.4 Å². The zero-order chi connectivity index (χ0) is 28.6. The maximum Gasteiger partial charge on any atom is 0.273 e. The third-order valence-corrected chi connectivity index (χ3v) is 8.00. The predicted molar refractivity (Wildman–Crippen MR) is 158 cm³/mol. The van der Waals surface area contributed by atoms with Crippen molar-refractivity contribution in [3.63, 3.8) is 0 Å². The molecule has 2 aliphatic rings. The molecule has 0 spiro atoms. The van der Waals surface area contributed by atoms with Crippen LogP contribution in [0.3, 0.4) is 0 Å². The zero-order valence-corrected chi connectivity index (χ0v) is 23.4. The highest BCUT2D eigenvalue weighted by atomic mass is 35.5. The second kappa shape index (κ2) is 10.8. The van der Waals surface area contributed by atoms with Crippen molar-refractivity contribution in [3.05, 3.63) is 105 Å². The van der Waals surface area contributed by atoms with Crippen LogP contribution in [-0.2, 0) is 4.79 Å². The summed E-state index contributed by atoms with van der Waals surface area (Å²) in [4.78, 5) is 34.4. The van der Waals surface area contributed by atoms with Crippen molar-refractivity contribution in [2.45, 2.75) is 51.9 Å². The van der Waals surface area contributed by atoms with Crippen LogP contribution in [0, 0.1) is 18.2 Å². The Morgan fingerprint density at radius 1 is 1.27 bits per heavy atom. The summed E-state index contributed by atoms with van der Waals surface area (Å²) in [7, 11) is 0. The number of nitrogen functional groups attached to an aromatic ring is 1. The number of carbonyl (C=O) groups is 1. The molecule has 2 atom stereocenters. The van der Waals surface area contributed by atoms with E-state index in [1.54, 1.807) is 49.8 Å². The van der Waals surface area contributed by atoms with Crippen LogP contribution in [0.15, 0.2) is 70.9 Å². The maximum atomic E-state index is 15.6. The summed E-state index contributed by atoms with van der Waals surface area (Å²) in [5, 5.41) is 2.86. The molecule has 9 heteroatoms. The van der Waals surface area contributed by atoms with E-state index in [9.17, 15) is 9.59 Å². The molecule has 0 radical (unpaired) electrons. The van der Waals surface area contributed by atoms with Crippen LogP contribution in [0.1, 0.15) is 67.3 Å². The van der Waals surface area contributed by atoms with E-state index in [-0.39, 0.29) is 45.3 Å². The van der Waals surface area contributed by atoms with E-state index in [1.807, 2.05) is 26.0 Å². The number of nitrogens with one attached hydrogen (secondary N) is 1. The van der Waals surface area contributed by atoms with Crippen molar-refractivity contribution in [2.24, 2.45) is 10.4 Å². The van der Waals surface area contributed by atoms with E-state index in [4.69, 9.17) is 17.3 Å². The first-order chi connectivity index (χ1) is 19.1. The van der Waals surface area contributed by atoms with E-state index in [1.165, 1.54) is 16.8 Å². The van der Waals surface area contributed by atoms with Crippen LogP contribution in [0.4, 0.5) is 15.8 Å². The smallest absolute Gasteiger partial charge is 0.273 e. The molecule has 206 valence electrons. The Morgan fingerprint density at radius 2 is 2.05 bits per heavy atom. The van der Waals surface area contributed by atoms with Crippen molar-refractivity contribution in [2.75, 3.05) is 11.1 Å². The minimum atomic E-state index is -0.596. The topological polar surface area (TPSA) is 102 Å². The molecule has 3 N–H and O–H groups in total. The summed E-state index contributed by atoms with van der Waals surface area (Å²) in [6.07, 6.45) is 12.2.